The van der Waals surface area contributed by atoms with Crippen LogP contribution in [-0.2, 0) is 0 Å². The van der Waals surface area contributed by atoms with Gasteiger partial charge in [-0.15, -0.1) is 0 Å². The predicted octanol–water partition coefficient (Wildman–Crippen LogP) is 7.78. The van der Waals surface area contributed by atoms with E-state index in [0.717, 1.165) is 10.9 Å². The number of carbonyl (C=O) groups excluding carboxylic acids is 1. The van der Waals surface area contributed by atoms with Crippen molar-refractivity contribution in [3.63, 3.8) is 0 Å². The van der Waals surface area contributed by atoms with Gasteiger partial charge in [-0.25, -0.2) is 4.39 Å². The fourth-order valence-corrected chi connectivity index (χ4v) is 5.15. The Morgan fingerprint density at radius 2 is 1.65 bits per heavy atom. The Morgan fingerprint density at radius 3 is 2.33 bits per heavy atom. The van der Waals surface area contributed by atoms with Crippen molar-refractivity contribution >= 4 is 38.4 Å². The van der Waals surface area contributed by atoms with Crippen LogP contribution in [0.3, 0.4) is 0 Å². The maximum Gasteiger partial charge on any atom is 0.268 e. The van der Waals surface area contributed by atoms with Crippen molar-refractivity contribution in [1.82, 2.24) is 9.55 Å². The lowest BCUT2D eigenvalue weighted by Crippen LogP contribution is -2.30. The average Bonchev–Trinajstić information content (AvgIpc) is 2.99. The number of nitrogens with zero attached hydrogens (tertiary/aromatic N) is 2. The van der Waals surface area contributed by atoms with Gasteiger partial charge in [-0.2, -0.15) is 0 Å². The number of benzene rings is 3. The molecule has 0 fully saturated rings. The molecule has 3 aromatic carbocycles. The summed E-state index contributed by atoms with van der Waals surface area (Å²) in [6.07, 6.45) is 3.23. The number of anilines is 1. The molecule has 5 rings (SSSR count). The smallest absolute Gasteiger partial charge is 0.268 e. The molecule has 1 amide bonds. The van der Waals surface area contributed by atoms with Crippen molar-refractivity contribution in [3.05, 3.63) is 110 Å². The van der Waals surface area contributed by atoms with Crippen LogP contribution < -0.4 is 25.1 Å². The molecular formula is C33H29BrFN3O5. The van der Waals surface area contributed by atoms with Gasteiger partial charge in [0.1, 0.15) is 22.9 Å². The normalized spacial score (nSPS) is 11.1. The zero-order chi connectivity index (χ0) is 30.8. The van der Waals surface area contributed by atoms with E-state index in [1.54, 1.807) is 57.8 Å². The fourth-order valence-electron chi connectivity index (χ4n) is 4.75. The summed E-state index contributed by atoms with van der Waals surface area (Å²) in [6.45, 7) is 5.73. The van der Waals surface area contributed by atoms with Crippen molar-refractivity contribution in [2.24, 2.45) is 0 Å². The molecule has 0 aliphatic heterocycles. The highest BCUT2D eigenvalue weighted by Gasteiger charge is 2.21. The SMILES string of the molecule is COc1cc2nccc(Oc3ccc(NC(=O)c4c(C)c(Br)cn(-c5ccc(F)cc5)c4=O)cc3C(C)C)c2cc1OC. The Hall–Kier alpha value is -4.70. The van der Waals surface area contributed by atoms with Gasteiger partial charge in [0.05, 0.1) is 19.7 Å². The fraction of sp³-hybridized carbons (Fsp3) is 0.182. The van der Waals surface area contributed by atoms with Crippen molar-refractivity contribution in [2.75, 3.05) is 19.5 Å². The molecule has 0 bridgehead atoms. The van der Waals surface area contributed by atoms with Crippen LogP contribution in [0.2, 0.25) is 0 Å². The molecule has 0 unspecified atom stereocenters. The number of hydrogen-bond donors (Lipinski definition) is 1. The molecule has 0 saturated carbocycles. The number of rotatable bonds is 8. The maximum absolute atomic E-state index is 13.5. The number of carbonyl (C=O) groups is 1. The van der Waals surface area contributed by atoms with Gasteiger partial charge in [-0.05, 0) is 94.5 Å². The van der Waals surface area contributed by atoms with Crippen molar-refractivity contribution in [3.8, 4) is 28.7 Å². The van der Waals surface area contributed by atoms with Crippen LogP contribution in [0.1, 0.15) is 41.3 Å². The van der Waals surface area contributed by atoms with Crippen LogP contribution in [0.4, 0.5) is 10.1 Å². The van der Waals surface area contributed by atoms with Crippen molar-refractivity contribution < 1.29 is 23.4 Å². The summed E-state index contributed by atoms with van der Waals surface area (Å²) in [7, 11) is 3.14. The summed E-state index contributed by atoms with van der Waals surface area (Å²) in [5.74, 6) is 1.35. The molecule has 0 aliphatic carbocycles. The second-order valence-corrected chi connectivity index (χ2v) is 11.0. The molecule has 0 saturated heterocycles. The number of amides is 1. The van der Waals surface area contributed by atoms with Crippen LogP contribution in [0.5, 0.6) is 23.0 Å². The van der Waals surface area contributed by atoms with Gasteiger partial charge in [-0.1, -0.05) is 13.8 Å². The third-order valence-corrected chi connectivity index (χ3v) is 7.86. The van der Waals surface area contributed by atoms with Crippen LogP contribution in [0, 0.1) is 12.7 Å². The molecule has 2 heterocycles. The van der Waals surface area contributed by atoms with E-state index in [2.05, 4.69) is 26.2 Å². The molecule has 0 radical (unpaired) electrons. The van der Waals surface area contributed by atoms with E-state index in [1.165, 1.54) is 28.8 Å². The zero-order valence-corrected chi connectivity index (χ0v) is 25.8. The molecule has 43 heavy (non-hydrogen) atoms. The van der Waals surface area contributed by atoms with E-state index in [0.29, 0.717) is 49.9 Å². The Morgan fingerprint density at radius 1 is 0.953 bits per heavy atom. The summed E-state index contributed by atoms with van der Waals surface area (Å²) >= 11 is 3.45. The van der Waals surface area contributed by atoms with Crippen LogP contribution in [-0.4, -0.2) is 29.7 Å². The van der Waals surface area contributed by atoms with Gasteiger partial charge in [0.25, 0.3) is 11.5 Å². The second kappa shape index (κ2) is 12.3. The summed E-state index contributed by atoms with van der Waals surface area (Å²) in [5.41, 5.74) is 2.40. The van der Waals surface area contributed by atoms with Gasteiger partial charge in [0.2, 0.25) is 0 Å². The molecule has 2 aromatic heterocycles. The zero-order valence-electron chi connectivity index (χ0n) is 24.2. The van der Waals surface area contributed by atoms with Gasteiger partial charge >= 0.3 is 0 Å². The number of methoxy groups -OCH3 is 2. The lowest BCUT2D eigenvalue weighted by atomic mass is 10.0. The summed E-state index contributed by atoms with van der Waals surface area (Å²) < 4.78 is 32.6. The number of fused-ring (bicyclic) bond motifs is 1. The summed E-state index contributed by atoms with van der Waals surface area (Å²) in [5, 5.41) is 3.61. The van der Waals surface area contributed by atoms with Gasteiger partial charge < -0.3 is 19.5 Å². The first-order valence-corrected chi connectivity index (χ1v) is 14.2. The summed E-state index contributed by atoms with van der Waals surface area (Å²) in [4.78, 5) is 31.4. The third-order valence-electron chi connectivity index (χ3n) is 7.06. The standard InChI is InChI=1S/C33H29BrFN3O5/c1-18(2)23-14-21(8-11-27(23)43-28-12-13-36-26-16-30(42-5)29(41-4)15-24(26)28)37-32(39)31-19(3)25(34)17-38(33(31)40)22-9-6-20(35)7-10-22/h6-18H,1-5H3,(H,37,39). The minimum atomic E-state index is -0.566. The lowest BCUT2D eigenvalue weighted by Gasteiger charge is -2.18. The first-order chi connectivity index (χ1) is 20.6. The maximum atomic E-state index is 13.5. The first kappa shape index (κ1) is 29.8. The minimum absolute atomic E-state index is 0.0299. The Balaban J connectivity index is 1.48. The first-order valence-electron chi connectivity index (χ1n) is 13.4. The quantitative estimate of drug-likeness (QED) is 0.185. The van der Waals surface area contributed by atoms with E-state index >= 15 is 0 Å². The largest absolute Gasteiger partial charge is 0.493 e. The molecule has 0 spiro atoms. The van der Waals surface area contributed by atoms with Gasteiger partial charge in [0, 0.05) is 39.7 Å². The second-order valence-electron chi connectivity index (χ2n) is 10.1. The van der Waals surface area contributed by atoms with E-state index in [-0.39, 0.29) is 11.5 Å². The van der Waals surface area contributed by atoms with Crippen LogP contribution in [0.15, 0.2) is 82.3 Å². The Labute approximate surface area is 256 Å². The number of nitrogens with one attached hydrogen (secondary N) is 1. The van der Waals surface area contributed by atoms with Crippen molar-refractivity contribution in [2.45, 2.75) is 26.7 Å². The van der Waals surface area contributed by atoms with E-state index < -0.39 is 17.3 Å². The lowest BCUT2D eigenvalue weighted by molar-refractivity contribution is 0.102. The molecule has 220 valence electrons. The highest BCUT2D eigenvalue weighted by atomic mass is 79.9. The van der Waals surface area contributed by atoms with E-state index in [1.807, 2.05) is 26.0 Å². The number of aromatic nitrogens is 2. The predicted molar refractivity (Wildman–Crippen MR) is 168 cm³/mol. The van der Waals surface area contributed by atoms with Gasteiger partial charge in [-0.3, -0.25) is 19.1 Å². The van der Waals surface area contributed by atoms with Crippen LogP contribution in [0.25, 0.3) is 16.6 Å². The minimum Gasteiger partial charge on any atom is -0.493 e. The van der Waals surface area contributed by atoms with Gasteiger partial charge in [0.15, 0.2) is 11.5 Å². The topological polar surface area (TPSA) is 91.7 Å². The summed E-state index contributed by atoms with van der Waals surface area (Å²) in [6, 6.07) is 16.2. The van der Waals surface area contributed by atoms with Crippen LogP contribution >= 0.6 is 15.9 Å². The molecule has 1 N–H and O–H groups in total. The third kappa shape index (κ3) is 5.96. The Bertz CT molecular complexity index is 1900. The average molecular weight is 647 g/mol. The molecule has 10 heteroatoms. The number of halogens is 2. The molecule has 8 nitrogen and oxygen atoms in total. The molecule has 5 aromatic rings. The highest BCUT2D eigenvalue weighted by molar-refractivity contribution is 9.10. The Kier molecular flexibility index (Phi) is 8.50. The molecular weight excluding hydrogens is 617 g/mol. The number of pyridine rings is 2. The molecule has 0 aliphatic rings. The van der Waals surface area contributed by atoms with E-state index in [9.17, 15) is 14.0 Å². The highest BCUT2D eigenvalue weighted by Crippen LogP contribution is 2.39. The van der Waals surface area contributed by atoms with E-state index in [4.69, 9.17) is 14.2 Å². The number of hydrogen-bond acceptors (Lipinski definition) is 6. The van der Waals surface area contributed by atoms with Crippen molar-refractivity contribution in [1.29, 1.82) is 0 Å². The monoisotopic (exact) mass is 645 g/mol. The number of ether oxygens (including phenoxy) is 3. The molecule has 0 atom stereocenters.